The summed E-state index contributed by atoms with van der Waals surface area (Å²) in [5.74, 6) is 0.221. The number of fused-ring (bicyclic) bond motifs is 1. The molecule has 1 aliphatic rings. The molecule has 1 aliphatic heterocycles. The van der Waals surface area contributed by atoms with Crippen LogP contribution in [0, 0.1) is 6.92 Å². The second-order valence-electron chi connectivity index (χ2n) is 7.18. The van der Waals surface area contributed by atoms with Gasteiger partial charge in [-0.15, -0.1) is 11.3 Å². The molecular weight excluding hydrogens is 352 g/mol. The molecule has 0 spiro atoms. The lowest BCUT2D eigenvalue weighted by Gasteiger charge is -2.28. The maximum Gasteiger partial charge on any atom is 0.278 e. The summed E-state index contributed by atoms with van der Waals surface area (Å²) in [6.45, 7) is 4.12. The molecule has 0 aliphatic carbocycles. The van der Waals surface area contributed by atoms with Crippen LogP contribution in [0.3, 0.4) is 0 Å². The first-order chi connectivity index (χ1) is 13.2. The number of amides is 1. The van der Waals surface area contributed by atoms with E-state index in [-0.39, 0.29) is 11.9 Å². The summed E-state index contributed by atoms with van der Waals surface area (Å²) in [5, 5.41) is 4.28. The number of nitrogens with zero attached hydrogens (tertiary/aromatic N) is 1. The lowest BCUT2D eigenvalue weighted by molar-refractivity contribution is -0.676. The van der Waals surface area contributed by atoms with Crippen molar-refractivity contribution in [3.63, 3.8) is 0 Å². The summed E-state index contributed by atoms with van der Waals surface area (Å²) >= 11 is 1.75. The van der Waals surface area contributed by atoms with Gasteiger partial charge in [0.1, 0.15) is 6.04 Å². The number of quaternary nitrogens is 1. The minimum Gasteiger partial charge on any atom is -0.333 e. The van der Waals surface area contributed by atoms with Gasteiger partial charge in [-0.1, -0.05) is 60.2 Å². The van der Waals surface area contributed by atoms with E-state index in [1.54, 1.807) is 11.3 Å². The maximum atomic E-state index is 12.9. The van der Waals surface area contributed by atoms with E-state index in [1.807, 2.05) is 4.90 Å². The van der Waals surface area contributed by atoms with E-state index in [1.165, 1.54) is 27.1 Å². The van der Waals surface area contributed by atoms with Crippen LogP contribution in [0.2, 0.25) is 0 Å². The molecule has 4 heteroatoms. The Balaban J connectivity index is 1.45. The minimum atomic E-state index is 0.173. The van der Waals surface area contributed by atoms with Crippen LogP contribution in [-0.2, 0) is 17.8 Å². The third kappa shape index (κ3) is 4.12. The molecule has 1 aromatic heterocycles. The van der Waals surface area contributed by atoms with E-state index in [0.717, 1.165) is 19.5 Å². The van der Waals surface area contributed by atoms with Gasteiger partial charge < -0.3 is 10.2 Å². The van der Waals surface area contributed by atoms with Crippen molar-refractivity contribution < 1.29 is 10.1 Å². The zero-order valence-electron chi connectivity index (χ0n) is 15.6. The van der Waals surface area contributed by atoms with E-state index in [2.05, 4.69) is 78.3 Å². The summed E-state index contributed by atoms with van der Waals surface area (Å²) in [6, 6.07) is 21.5. The van der Waals surface area contributed by atoms with E-state index in [0.29, 0.717) is 6.54 Å². The topological polar surface area (TPSA) is 36.9 Å². The molecule has 0 saturated heterocycles. The van der Waals surface area contributed by atoms with Gasteiger partial charge in [-0.3, -0.25) is 4.79 Å². The summed E-state index contributed by atoms with van der Waals surface area (Å²) in [5.41, 5.74) is 5.17. The Labute approximate surface area is 164 Å². The average Bonchev–Trinajstić information content (AvgIpc) is 3.23. The van der Waals surface area contributed by atoms with Crippen LogP contribution < -0.4 is 5.32 Å². The van der Waals surface area contributed by atoms with Crippen molar-refractivity contribution in [1.29, 1.82) is 0 Å². The Kier molecular flexibility index (Phi) is 5.37. The minimum absolute atomic E-state index is 0.173. The van der Waals surface area contributed by atoms with Gasteiger partial charge in [-0.2, -0.15) is 0 Å². The lowest BCUT2D eigenvalue weighted by Crippen LogP contribution is -2.87. The normalized spacial score (nSPS) is 14.6. The molecule has 3 aromatic rings. The Hall–Kier alpha value is -2.43. The van der Waals surface area contributed by atoms with Gasteiger partial charge in [0, 0.05) is 18.7 Å². The SMILES string of the molecule is Cc1ccc([C@H]([NH2+]CC(=O)N2CCc3ccccc3C2)c2cccs2)cc1. The fourth-order valence-corrected chi connectivity index (χ4v) is 4.57. The Morgan fingerprint density at radius 3 is 2.59 bits per heavy atom. The van der Waals surface area contributed by atoms with Crippen molar-refractivity contribution in [2.24, 2.45) is 0 Å². The van der Waals surface area contributed by atoms with Crippen molar-refractivity contribution in [2.45, 2.75) is 25.9 Å². The van der Waals surface area contributed by atoms with Crippen LogP contribution in [-0.4, -0.2) is 23.9 Å². The van der Waals surface area contributed by atoms with Crippen molar-refractivity contribution in [1.82, 2.24) is 4.90 Å². The number of aryl methyl sites for hydroxylation is 1. The third-order valence-electron chi connectivity index (χ3n) is 5.30. The summed E-state index contributed by atoms with van der Waals surface area (Å²) in [7, 11) is 0. The fraction of sp³-hybridized carbons (Fsp3) is 0.261. The van der Waals surface area contributed by atoms with Crippen molar-refractivity contribution in [3.05, 3.63) is 93.2 Å². The zero-order valence-corrected chi connectivity index (χ0v) is 16.4. The van der Waals surface area contributed by atoms with E-state index >= 15 is 0 Å². The van der Waals surface area contributed by atoms with Gasteiger partial charge in [-0.05, 0) is 35.9 Å². The van der Waals surface area contributed by atoms with Crippen LogP contribution >= 0.6 is 11.3 Å². The molecule has 1 atom stereocenters. The number of thiophene rings is 1. The zero-order chi connectivity index (χ0) is 18.6. The molecule has 0 fully saturated rings. The van der Waals surface area contributed by atoms with E-state index in [4.69, 9.17) is 0 Å². The van der Waals surface area contributed by atoms with Gasteiger partial charge in [0.2, 0.25) is 0 Å². The molecule has 4 rings (SSSR count). The number of rotatable bonds is 5. The molecule has 138 valence electrons. The molecular formula is C23H25N2OS+. The summed E-state index contributed by atoms with van der Waals surface area (Å²) < 4.78 is 0. The van der Waals surface area contributed by atoms with Gasteiger partial charge in [0.25, 0.3) is 5.91 Å². The predicted molar refractivity (Wildman–Crippen MR) is 110 cm³/mol. The number of carbonyl (C=O) groups is 1. The fourth-order valence-electron chi connectivity index (χ4n) is 3.71. The standard InChI is InChI=1S/C23H24N2OS/c1-17-8-10-19(11-9-17)23(21-7-4-14-27-21)24-15-22(26)25-13-12-18-5-2-3-6-20(18)16-25/h2-11,14,23-24H,12-13,15-16H2,1H3/p+1/t23-/m0/s1. The molecule has 2 heterocycles. The molecule has 1 amide bonds. The Morgan fingerprint density at radius 2 is 1.85 bits per heavy atom. The largest absolute Gasteiger partial charge is 0.333 e. The monoisotopic (exact) mass is 377 g/mol. The quantitative estimate of drug-likeness (QED) is 0.728. The van der Waals surface area contributed by atoms with E-state index in [9.17, 15) is 4.79 Å². The maximum absolute atomic E-state index is 12.9. The molecule has 27 heavy (non-hydrogen) atoms. The van der Waals surface area contributed by atoms with Gasteiger partial charge in [-0.25, -0.2) is 0 Å². The molecule has 2 aromatic carbocycles. The highest BCUT2D eigenvalue weighted by atomic mass is 32.1. The number of hydrogen-bond donors (Lipinski definition) is 1. The molecule has 0 saturated carbocycles. The van der Waals surface area contributed by atoms with E-state index < -0.39 is 0 Å². The highest BCUT2D eigenvalue weighted by Gasteiger charge is 2.24. The molecule has 0 unspecified atom stereocenters. The van der Waals surface area contributed by atoms with Crippen LogP contribution in [0.25, 0.3) is 0 Å². The third-order valence-corrected chi connectivity index (χ3v) is 6.25. The Bertz CT molecular complexity index is 902. The number of benzene rings is 2. The highest BCUT2D eigenvalue weighted by molar-refractivity contribution is 7.10. The van der Waals surface area contributed by atoms with Crippen LogP contribution in [0.1, 0.15) is 33.2 Å². The first kappa shape index (κ1) is 18.0. The number of carbonyl (C=O) groups excluding carboxylic acids is 1. The second kappa shape index (κ2) is 8.07. The summed E-state index contributed by atoms with van der Waals surface area (Å²) in [6.07, 6.45) is 0.953. The van der Waals surface area contributed by atoms with Gasteiger partial charge in [0.05, 0.1) is 4.88 Å². The summed E-state index contributed by atoms with van der Waals surface area (Å²) in [4.78, 5) is 16.2. The number of nitrogens with two attached hydrogens (primary N) is 1. The molecule has 0 radical (unpaired) electrons. The van der Waals surface area contributed by atoms with Gasteiger partial charge in [0.15, 0.2) is 6.54 Å². The molecule has 3 nitrogen and oxygen atoms in total. The van der Waals surface area contributed by atoms with Crippen molar-refractivity contribution >= 4 is 17.2 Å². The van der Waals surface area contributed by atoms with Crippen LogP contribution in [0.15, 0.2) is 66.0 Å². The first-order valence-electron chi connectivity index (χ1n) is 9.48. The number of hydrogen-bond acceptors (Lipinski definition) is 2. The first-order valence-corrected chi connectivity index (χ1v) is 10.4. The predicted octanol–water partition coefficient (Wildman–Crippen LogP) is 3.29. The lowest BCUT2D eigenvalue weighted by atomic mass is 10.00. The Morgan fingerprint density at radius 1 is 1.07 bits per heavy atom. The highest BCUT2D eigenvalue weighted by Crippen LogP contribution is 2.23. The molecule has 0 bridgehead atoms. The van der Waals surface area contributed by atoms with Crippen LogP contribution in [0.5, 0.6) is 0 Å². The smallest absolute Gasteiger partial charge is 0.278 e. The molecule has 2 N–H and O–H groups in total. The van der Waals surface area contributed by atoms with Crippen LogP contribution in [0.4, 0.5) is 0 Å². The van der Waals surface area contributed by atoms with Crippen molar-refractivity contribution in [3.8, 4) is 0 Å². The van der Waals surface area contributed by atoms with Gasteiger partial charge >= 0.3 is 0 Å². The van der Waals surface area contributed by atoms with Crippen molar-refractivity contribution in [2.75, 3.05) is 13.1 Å². The second-order valence-corrected chi connectivity index (χ2v) is 8.16. The average molecular weight is 378 g/mol.